The Labute approximate surface area is 421 Å². The molecule has 0 bridgehead atoms. The molecule has 0 spiro atoms. The van der Waals surface area contributed by atoms with E-state index in [9.17, 15) is 49.9 Å². The standard InChI is InChI=1S/C33H27F4NO3.C26H21F3O4/c1-19-10-21(13-26(11-19)33(35,36)37)12-25-14-24-15-28(8-9-29(24)32(25)40)41-18-20-2-4-22(5-3-20)31(39)16-23-6-7-27(34)17-30(23)38;1-15-8-17(11-21(9-15)26(27,28)29)10-20-12-19-13-22(6-7-23(19)24(20)30)33-14-16-2-4-18(5-3-16)25(31)32/h2-11,13,15,17,25H,12,14,16,18,38H2,1H3;2-9,11,13,20H,10,12,14H2,1H3,(H,31,32). The summed E-state index contributed by atoms with van der Waals surface area (Å²) in [6.07, 6.45) is -7.47. The molecule has 0 heterocycles. The summed E-state index contributed by atoms with van der Waals surface area (Å²) in [6, 6.07) is 35.5. The summed E-state index contributed by atoms with van der Waals surface area (Å²) in [5.74, 6) is -1.46. The summed E-state index contributed by atoms with van der Waals surface area (Å²) in [4.78, 5) is 49.4. The van der Waals surface area contributed by atoms with Crippen LogP contribution in [-0.2, 0) is 57.7 Å². The highest BCUT2D eigenvalue weighted by Crippen LogP contribution is 2.37. The van der Waals surface area contributed by atoms with Gasteiger partial charge in [-0.1, -0.05) is 65.7 Å². The zero-order valence-corrected chi connectivity index (χ0v) is 40.0. The number of alkyl halides is 6. The van der Waals surface area contributed by atoms with E-state index in [2.05, 4.69) is 0 Å². The number of benzene rings is 7. The Morgan fingerprint density at radius 3 is 1.43 bits per heavy atom. The van der Waals surface area contributed by atoms with Gasteiger partial charge in [0.15, 0.2) is 17.3 Å². The van der Waals surface area contributed by atoms with Crippen molar-refractivity contribution in [1.82, 2.24) is 0 Å². The van der Waals surface area contributed by atoms with Crippen molar-refractivity contribution in [3.63, 3.8) is 0 Å². The number of aryl methyl sites for hydroxylation is 2. The van der Waals surface area contributed by atoms with Crippen molar-refractivity contribution in [3.8, 4) is 11.5 Å². The summed E-state index contributed by atoms with van der Waals surface area (Å²) in [7, 11) is 0. The van der Waals surface area contributed by atoms with Gasteiger partial charge in [0, 0.05) is 40.6 Å². The second-order valence-electron chi connectivity index (χ2n) is 18.7. The SMILES string of the molecule is Cc1cc(CC2Cc3cc(OCc4ccc(C(=O)Cc5ccc(F)cc5N)cc4)ccc3C2=O)cc(C(F)(F)F)c1.Cc1cc(CC2Cc3cc(OCc4ccc(C(=O)O)cc4)ccc3C2=O)cc(C(F)(F)F)c1. The molecule has 0 fully saturated rings. The molecular formula is C59H48F7NO7. The number of rotatable bonds is 14. The molecule has 2 aliphatic rings. The molecule has 9 rings (SSSR count). The molecular weight excluding hydrogens is 968 g/mol. The van der Waals surface area contributed by atoms with Crippen molar-refractivity contribution in [2.24, 2.45) is 11.8 Å². The van der Waals surface area contributed by atoms with Crippen molar-refractivity contribution < 1.29 is 64.5 Å². The highest BCUT2D eigenvalue weighted by molar-refractivity contribution is 6.03. The van der Waals surface area contributed by atoms with E-state index >= 15 is 0 Å². The predicted molar refractivity (Wildman–Crippen MR) is 263 cm³/mol. The summed E-state index contributed by atoms with van der Waals surface area (Å²) < 4.78 is 104. The largest absolute Gasteiger partial charge is 0.489 e. The highest BCUT2D eigenvalue weighted by atomic mass is 19.4. The number of carboxylic acids is 1. The molecule has 2 unspecified atom stereocenters. The van der Waals surface area contributed by atoms with Crippen LogP contribution in [0.2, 0.25) is 0 Å². The van der Waals surface area contributed by atoms with Gasteiger partial charge in [0.25, 0.3) is 0 Å². The van der Waals surface area contributed by atoms with E-state index in [1.807, 2.05) is 0 Å². The topological polar surface area (TPSA) is 133 Å². The first-order valence-corrected chi connectivity index (χ1v) is 23.5. The number of Topliss-reactive ketones (excluding diaryl/α,β-unsaturated/α-hetero) is 3. The molecule has 2 aliphatic carbocycles. The van der Waals surface area contributed by atoms with Crippen molar-refractivity contribution in [1.29, 1.82) is 0 Å². The minimum Gasteiger partial charge on any atom is -0.489 e. The van der Waals surface area contributed by atoms with E-state index in [1.54, 1.807) is 98.8 Å². The number of nitrogens with two attached hydrogens (primary N) is 1. The maximum atomic E-state index is 13.3. The first kappa shape index (κ1) is 52.3. The van der Waals surface area contributed by atoms with E-state index < -0.39 is 47.1 Å². The fourth-order valence-corrected chi connectivity index (χ4v) is 9.35. The fraction of sp³-hybridized carbons (Fsp3) is 0.220. The van der Waals surface area contributed by atoms with Crippen LogP contribution in [0.5, 0.6) is 11.5 Å². The minimum atomic E-state index is -4.44. The highest BCUT2D eigenvalue weighted by Gasteiger charge is 2.35. The average Bonchev–Trinajstić information content (AvgIpc) is 3.82. The smallest absolute Gasteiger partial charge is 0.416 e. The lowest BCUT2D eigenvalue weighted by molar-refractivity contribution is -0.138. The third kappa shape index (κ3) is 12.7. The van der Waals surface area contributed by atoms with Gasteiger partial charge in [0.1, 0.15) is 30.5 Å². The van der Waals surface area contributed by atoms with Crippen LogP contribution in [-0.4, -0.2) is 28.4 Å². The monoisotopic (exact) mass is 1020 g/mol. The summed E-state index contributed by atoms with van der Waals surface area (Å²) in [5.41, 5.74) is 12.3. The molecule has 8 nitrogen and oxygen atoms in total. The predicted octanol–water partition coefficient (Wildman–Crippen LogP) is 13.2. The van der Waals surface area contributed by atoms with Crippen LogP contribution in [0.15, 0.2) is 140 Å². The number of halogens is 7. The lowest BCUT2D eigenvalue weighted by Gasteiger charge is -2.13. The lowest BCUT2D eigenvalue weighted by atomic mass is 9.93. The normalized spacial score (nSPS) is 15.0. The summed E-state index contributed by atoms with van der Waals surface area (Å²) in [6.45, 7) is 3.70. The molecule has 3 N–H and O–H groups in total. The second kappa shape index (κ2) is 21.6. The van der Waals surface area contributed by atoms with Gasteiger partial charge in [0.2, 0.25) is 0 Å². The van der Waals surface area contributed by atoms with Crippen molar-refractivity contribution in [2.45, 2.75) is 71.5 Å². The molecule has 0 saturated heterocycles. The Balaban J connectivity index is 0.000000202. The fourth-order valence-electron chi connectivity index (χ4n) is 9.35. The Hall–Kier alpha value is -8.07. The molecule has 0 radical (unpaired) electrons. The quantitative estimate of drug-likeness (QED) is 0.0625. The number of carboxylic acid groups (broad SMARTS) is 1. The molecule has 0 amide bonds. The molecule has 0 aliphatic heterocycles. The third-order valence-corrected chi connectivity index (χ3v) is 13.0. The Morgan fingerprint density at radius 2 is 1.01 bits per heavy atom. The van der Waals surface area contributed by atoms with E-state index in [0.717, 1.165) is 46.5 Å². The average molecular weight is 1020 g/mol. The van der Waals surface area contributed by atoms with Crippen LogP contribution in [0.3, 0.4) is 0 Å². The van der Waals surface area contributed by atoms with Gasteiger partial charge in [-0.25, -0.2) is 9.18 Å². The van der Waals surface area contributed by atoms with Crippen LogP contribution >= 0.6 is 0 Å². The van der Waals surface area contributed by atoms with E-state index in [0.29, 0.717) is 68.8 Å². The molecule has 7 aromatic rings. The number of aromatic carboxylic acids is 1. The molecule has 380 valence electrons. The number of ether oxygens (including phenoxy) is 2. The third-order valence-electron chi connectivity index (χ3n) is 13.0. The Morgan fingerprint density at radius 1 is 0.568 bits per heavy atom. The number of nitrogen functional groups attached to an aromatic ring is 1. The number of anilines is 1. The number of fused-ring (bicyclic) bond motifs is 2. The number of carbonyl (C=O) groups excluding carboxylic acids is 3. The number of carbonyl (C=O) groups is 4. The van der Waals surface area contributed by atoms with Gasteiger partial charge < -0.3 is 20.3 Å². The molecule has 0 aromatic heterocycles. The number of ketones is 3. The van der Waals surface area contributed by atoms with Crippen molar-refractivity contribution in [2.75, 3.05) is 5.73 Å². The second-order valence-corrected chi connectivity index (χ2v) is 18.7. The summed E-state index contributed by atoms with van der Waals surface area (Å²) in [5, 5.41) is 8.96. The maximum absolute atomic E-state index is 13.3. The number of hydrogen-bond acceptors (Lipinski definition) is 7. The van der Waals surface area contributed by atoms with Crippen LogP contribution in [0.1, 0.15) is 103 Å². The van der Waals surface area contributed by atoms with Crippen molar-refractivity contribution >= 4 is 29.0 Å². The Kier molecular flexibility index (Phi) is 15.2. The first-order chi connectivity index (χ1) is 35.1. The zero-order chi connectivity index (χ0) is 53.1. The van der Waals surface area contributed by atoms with Gasteiger partial charge in [0.05, 0.1) is 16.7 Å². The Bertz CT molecular complexity index is 3270. The molecule has 74 heavy (non-hydrogen) atoms. The van der Waals surface area contributed by atoms with Gasteiger partial charge >= 0.3 is 18.3 Å². The molecule has 2 atom stereocenters. The summed E-state index contributed by atoms with van der Waals surface area (Å²) >= 11 is 0. The van der Waals surface area contributed by atoms with Crippen LogP contribution in [0, 0.1) is 31.5 Å². The molecule has 7 aromatic carbocycles. The van der Waals surface area contributed by atoms with Gasteiger partial charge in [-0.05, 0) is 163 Å². The van der Waals surface area contributed by atoms with E-state index in [4.69, 9.17) is 20.3 Å². The van der Waals surface area contributed by atoms with E-state index in [1.165, 1.54) is 30.3 Å². The van der Waals surface area contributed by atoms with Crippen LogP contribution in [0.25, 0.3) is 0 Å². The molecule has 0 saturated carbocycles. The van der Waals surface area contributed by atoms with E-state index in [-0.39, 0.29) is 61.1 Å². The van der Waals surface area contributed by atoms with Gasteiger partial charge in [-0.3, -0.25) is 14.4 Å². The molecule has 15 heteroatoms. The lowest BCUT2D eigenvalue weighted by Crippen LogP contribution is -2.13. The van der Waals surface area contributed by atoms with Crippen LogP contribution in [0.4, 0.5) is 36.4 Å². The zero-order valence-electron chi connectivity index (χ0n) is 40.0. The van der Waals surface area contributed by atoms with Crippen molar-refractivity contribution in [3.05, 3.63) is 229 Å². The number of hydrogen-bond donors (Lipinski definition) is 2. The van der Waals surface area contributed by atoms with Gasteiger partial charge in [-0.15, -0.1) is 0 Å². The van der Waals surface area contributed by atoms with Crippen LogP contribution < -0.4 is 15.2 Å². The minimum absolute atomic E-state index is 0.0597. The van der Waals surface area contributed by atoms with Gasteiger partial charge in [-0.2, -0.15) is 26.3 Å². The first-order valence-electron chi connectivity index (χ1n) is 23.5. The maximum Gasteiger partial charge on any atom is 0.416 e.